The van der Waals surface area contributed by atoms with Crippen LogP contribution in [0.25, 0.3) is 0 Å². The number of halogens is 4. The molecule has 8 nitrogen and oxygen atoms in total. The van der Waals surface area contributed by atoms with Gasteiger partial charge in [-0.2, -0.15) is 18.2 Å². The number of anilines is 2. The molecule has 2 bridgehead atoms. The summed E-state index contributed by atoms with van der Waals surface area (Å²) in [6.07, 6.45) is -1.10. The molecule has 0 radical (unpaired) electrons. The van der Waals surface area contributed by atoms with Gasteiger partial charge in [0.15, 0.2) is 0 Å². The summed E-state index contributed by atoms with van der Waals surface area (Å²) in [5.74, 6) is 1.05. The van der Waals surface area contributed by atoms with E-state index in [2.05, 4.69) is 30.5 Å². The van der Waals surface area contributed by atoms with Crippen molar-refractivity contribution in [2.24, 2.45) is 11.8 Å². The lowest BCUT2D eigenvalue weighted by molar-refractivity contribution is -0.137. The molecule has 2 aromatic heterocycles. The number of nitrogens with one attached hydrogen (secondary N) is 1. The number of aromatic nitrogens is 5. The molecule has 0 amide bonds. The highest BCUT2D eigenvalue weighted by Crippen LogP contribution is 2.41. The van der Waals surface area contributed by atoms with Gasteiger partial charge < -0.3 is 14.6 Å². The highest BCUT2D eigenvalue weighted by Gasteiger charge is 2.44. The van der Waals surface area contributed by atoms with Crippen LogP contribution >= 0.6 is 0 Å². The third-order valence-corrected chi connectivity index (χ3v) is 7.49. The molecule has 1 aliphatic carbocycles. The first-order chi connectivity index (χ1) is 16.8. The Hall–Kier alpha value is -3.18. The minimum atomic E-state index is -4.58. The number of hydrogen-bond acceptors (Lipinski definition) is 7. The smallest absolute Gasteiger partial charge is 0.408 e. The maximum Gasteiger partial charge on any atom is 0.416 e. The summed E-state index contributed by atoms with van der Waals surface area (Å²) in [5, 5.41) is 16.2. The molecule has 3 atom stereocenters. The first kappa shape index (κ1) is 22.3. The molecule has 1 saturated heterocycles. The number of hydrogen-bond donors (Lipinski definition) is 1. The van der Waals surface area contributed by atoms with E-state index in [1.807, 2.05) is 0 Å². The molecule has 2 fully saturated rings. The van der Waals surface area contributed by atoms with Crippen LogP contribution in [0, 0.1) is 24.6 Å². The van der Waals surface area contributed by atoms with Crippen LogP contribution < -0.4 is 10.2 Å². The van der Waals surface area contributed by atoms with Crippen molar-refractivity contribution in [3.05, 3.63) is 46.9 Å². The Morgan fingerprint density at radius 2 is 1.86 bits per heavy atom. The third kappa shape index (κ3) is 4.02. The maximum absolute atomic E-state index is 14.7. The Morgan fingerprint density at radius 3 is 2.51 bits per heavy atom. The predicted octanol–water partition coefficient (Wildman–Crippen LogP) is 4.38. The standard InChI is InChI=1S/C23H25F4N7O/c1-12-30-31-22(35-12)33-10-13-4-5-14(11-33)19(13)28-21-29-20-17(3-2-8-34(20)32-21)16-7-6-15(9-18(16)24)23(25,26)27/h6-7,9,13-14,17,19H,2-5,8,10-11H2,1H3,(H,28,32). The Kier molecular flexibility index (Phi) is 5.22. The molecule has 3 aromatic rings. The van der Waals surface area contributed by atoms with Crippen molar-refractivity contribution in [2.75, 3.05) is 23.3 Å². The number of nitrogens with zero attached hydrogens (tertiary/aromatic N) is 6. The second kappa shape index (κ2) is 8.20. The van der Waals surface area contributed by atoms with Crippen molar-refractivity contribution in [3.8, 4) is 0 Å². The number of fused-ring (bicyclic) bond motifs is 3. The number of benzene rings is 1. The average molecular weight is 491 g/mol. The molecule has 1 saturated carbocycles. The van der Waals surface area contributed by atoms with Crippen molar-refractivity contribution in [2.45, 2.75) is 57.3 Å². The van der Waals surface area contributed by atoms with Crippen molar-refractivity contribution >= 4 is 12.0 Å². The van der Waals surface area contributed by atoms with Gasteiger partial charge in [-0.3, -0.25) is 0 Å². The van der Waals surface area contributed by atoms with Gasteiger partial charge in [0, 0.05) is 38.5 Å². The molecule has 3 unspecified atom stereocenters. The SMILES string of the molecule is Cc1nnc(N2CC3CCC(C2)C3Nc2nc3n(n2)CCCC3c2ccc(C(F)(F)F)cc2F)o1. The summed E-state index contributed by atoms with van der Waals surface area (Å²) in [7, 11) is 0. The van der Waals surface area contributed by atoms with E-state index in [1.165, 1.54) is 6.07 Å². The lowest BCUT2D eigenvalue weighted by atomic mass is 9.90. The quantitative estimate of drug-likeness (QED) is 0.542. The number of alkyl halides is 3. The highest BCUT2D eigenvalue weighted by atomic mass is 19.4. The largest absolute Gasteiger partial charge is 0.416 e. The Balaban J connectivity index is 1.21. The molecule has 186 valence electrons. The Bertz CT molecular complexity index is 1220. The highest BCUT2D eigenvalue weighted by molar-refractivity contribution is 5.37. The lowest BCUT2D eigenvalue weighted by Gasteiger charge is -2.37. The summed E-state index contributed by atoms with van der Waals surface area (Å²) >= 11 is 0. The van der Waals surface area contributed by atoms with E-state index < -0.39 is 23.5 Å². The van der Waals surface area contributed by atoms with Crippen LogP contribution in [-0.4, -0.2) is 44.1 Å². The number of rotatable bonds is 4. The molecular weight excluding hydrogens is 466 g/mol. The summed E-state index contributed by atoms with van der Waals surface area (Å²) in [5.41, 5.74) is -0.767. The van der Waals surface area contributed by atoms with Crippen LogP contribution in [0.5, 0.6) is 0 Å². The summed E-state index contributed by atoms with van der Waals surface area (Å²) in [6, 6.07) is 3.48. The second-order valence-electron chi connectivity index (χ2n) is 9.72. The Morgan fingerprint density at radius 1 is 1.09 bits per heavy atom. The molecule has 6 rings (SSSR count). The van der Waals surface area contributed by atoms with E-state index in [0.29, 0.717) is 54.5 Å². The van der Waals surface area contributed by atoms with Gasteiger partial charge in [-0.25, -0.2) is 9.07 Å². The van der Waals surface area contributed by atoms with Crippen LogP contribution in [0.2, 0.25) is 0 Å². The van der Waals surface area contributed by atoms with E-state index >= 15 is 0 Å². The zero-order valence-corrected chi connectivity index (χ0v) is 19.1. The van der Waals surface area contributed by atoms with Crippen molar-refractivity contribution in [3.63, 3.8) is 0 Å². The fraction of sp³-hybridized carbons (Fsp3) is 0.565. The molecule has 4 heterocycles. The monoisotopic (exact) mass is 491 g/mol. The van der Waals surface area contributed by atoms with E-state index in [-0.39, 0.29) is 11.6 Å². The van der Waals surface area contributed by atoms with Crippen molar-refractivity contribution < 1.29 is 22.0 Å². The molecule has 3 aliphatic rings. The van der Waals surface area contributed by atoms with Crippen LogP contribution in [-0.2, 0) is 12.7 Å². The number of aryl methyl sites for hydroxylation is 2. The van der Waals surface area contributed by atoms with E-state index in [0.717, 1.165) is 38.4 Å². The van der Waals surface area contributed by atoms with Gasteiger partial charge in [0.05, 0.1) is 5.56 Å². The maximum atomic E-state index is 14.7. The third-order valence-electron chi connectivity index (χ3n) is 7.49. The summed E-state index contributed by atoms with van der Waals surface area (Å²) < 4.78 is 61.0. The second-order valence-corrected chi connectivity index (χ2v) is 9.72. The topological polar surface area (TPSA) is 84.9 Å². The minimum absolute atomic E-state index is 0.195. The molecule has 1 N–H and O–H groups in total. The van der Waals surface area contributed by atoms with Gasteiger partial charge in [0.2, 0.25) is 11.8 Å². The normalized spacial score (nSPS) is 26.1. The predicted molar refractivity (Wildman–Crippen MR) is 117 cm³/mol. The van der Waals surface area contributed by atoms with Crippen LogP contribution in [0.15, 0.2) is 22.6 Å². The lowest BCUT2D eigenvalue weighted by Crippen LogP contribution is -2.48. The molecule has 1 aromatic carbocycles. The van der Waals surface area contributed by atoms with Crippen LogP contribution in [0.3, 0.4) is 0 Å². The molecular formula is C23H25F4N7O. The van der Waals surface area contributed by atoms with Gasteiger partial charge in [-0.05, 0) is 55.2 Å². The van der Waals surface area contributed by atoms with Crippen LogP contribution in [0.1, 0.15) is 54.4 Å². The van der Waals surface area contributed by atoms with Crippen LogP contribution in [0.4, 0.5) is 29.5 Å². The Labute approximate surface area is 198 Å². The van der Waals surface area contributed by atoms with Crippen molar-refractivity contribution in [1.82, 2.24) is 25.0 Å². The van der Waals surface area contributed by atoms with Gasteiger partial charge in [-0.15, -0.1) is 10.2 Å². The van der Waals surface area contributed by atoms with Gasteiger partial charge in [-0.1, -0.05) is 11.2 Å². The van der Waals surface area contributed by atoms with Crippen molar-refractivity contribution in [1.29, 1.82) is 0 Å². The zero-order valence-electron chi connectivity index (χ0n) is 19.1. The first-order valence-corrected chi connectivity index (χ1v) is 11.9. The average Bonchev–Trinajstić information content (AvgIpc) is 3.48. The first-order valence-electron chi connectivity index (χ1n) is 11.9. The van der Waals surface area contributed by atoms with Gasteiger partial charge >= 0.3 is 12.2 Å². The van der Waals surface area contributed by atoms with Gasteiger partial charge in [0.1, 0.15) is 11.6 Å². The summed E-state index contributed by atoms with van der Waals surface area (Å²) in [6.45, 7) is 4.01. The minimum Gasteiger partial charge on any atom is -0.408 e. The number of piperidine rings is 1. The molecule has 2 aliphatic heterocycles. The fourth-order valence-electron chi connectivity index (χ4n) is 5.87. The summed E-state index contributed by atoms with van der Waals surface area (Å²) in [4.78, 5) is 6.82. The molecule has 12 heteroatoms. The zero-order chi connectivity index (χ0) is 24.3. The van der Waals surface area contributed by atoms with Gasteiger partial charge in [0.25, 0.3) is 0 Å². The van der Waals surface area contributed by atoms with E-state index in [4.69, 9.17) is 4.42 Å². The van der Waals surface area contributed by atoms with E-state index in [9.17, 15) is 17.6 Å². The molecule has 0 spiro atoms. The molecule has 35 heavy (non-hydrogen) atoms. The van der Waals surface area contributed by atoms with E-state index in [1.54, 1.807) is 11.6 Å². The fourth-order valence-corrected chi connectivity index (χ4v) is 5.87.